The predicted octanol–water partition coefficient (Wildman–Crippen LogP) is 2.38. The Hall–Kier alpha value is -1.02. The highest BCUT2D eigenvalue weighted by atomic mass is 15.1. The molecule has 0 aromatic heterocycles. The van der Waals surface area contributed by atoms with Gasteiger partial charge in [0, 0.05) is 25.3 Å². The SMILES string of the molecule is CC1(CN2Cc3ccc(N)cc3C2)CC1. The highest BCUT2D eigenvalue weighted by molar-refractivity contribution is 5.46. The Morgan fingerprint density at radius 1 is 1.27 bits per heavy atom. The molecule has 2 aliphatic rings. The van der Waals surface area contributed by atoms with Crippen molar-refractivity contribution in [3.63, 3.8) is 0 Å². The third-order valence-electron chi connectivity index (χ3n) is 3.73. The number of hydrogen-bond donors (Lipinski definition) is 1. The van der Waals surface area contributed by atoms with E-state index in [1.165, 1.54) is 30.5 Å². The normalized spacial score (nSPS) is 22.7. The Bertz CT molecular complexity index is 394. The van der Waals surface area contributed by atoms with Gasteiger partial charge in [0.25, 0.3) is 0 Å². The predicted molar refractivity (Wildman–Crippen MR) is 62.3 cm³/mol. The standard InChI is InChI=1S/C13H18N2/c1-13(4-5-13)9-15-7-10-2-3-12(14)6-11(10)8-15/h2-3,6H,4-5,7-9,14H2,1H3. The van der Waals surface area contributed by atoms with E-state index in [-0.39, 0.29) is 0 Å². The minimum Gasteiger partial charge on any atom is -0.399 e. The van der Waals surface area contributed by atoms with Crippen LogP contribution in [0.1, 0.15) is 30.9 Å². The molecule has 1 heterocycles. The van der Waals surface area contributed by atoms with E-state index >= 15 is 0 Å². The van der Waals surface area contributed by atoms with Crippen LogP contribution in [0, 0.1) is 5.41 Å². The van der Waals surface area contributed by atoms with E-state index in [0.29, 0.717) is 5.41 Å². The van der Waals surface area contributed by atoms with Gasteiger partial charge >= 0.3 is 0 Å². The van der Waals surface area contributed by atoms with E-state index in [1.807, 2.05) is 6.07 Å². The molecule has 0 bridgehead atoms. The van der Waals surface area contributed by atoms with Gasteiger partial charge < -0.3 is 5.73 Å². The lowest BCUT2D eigenvalue weighted by molar-refractivity contribution is 0.233. The van der Waals surface area contributed by atoms with Gasteiger partial charge in [-0.05, 0) is 41.5 Å². The van der Waals surface area contributed by atoms with Crippen LogP contribution >= 0.6 is 0 Å². The summed E-state index contributed by atoms with van der Waals surface area (Å²) >= 11 is 0. The molecule has 1 aromatic rings. The molecule has 2 heteroatoms. The first-order valence-corrected chi connectivity index (χ1v) is 5.74. The van der Waals surface area contributed by atoms with Crippen molar-refractivity contribution < 1.29 is 0 Å². The molecule has 0 radical (unpaired) electrons. The van der Waals surface area contributed by atoms with Crippen molar-refractivity contribution in [3.05, 3.63) is 29.3 Å². The van der Waals surface area contributed by atoms with Crippen LogP contribution in [-0.2, 0) is 13.1 Å². The third kappa shape index (κ3) is 1.74. The summed E-state index contributed by atoms with van der Waals surface area (Å²) in [6.45, 7) is 5.85. The summed E-state index contributed by atoms with van der Waals surface area (Å²) in [6, 6.07) is 6.33. The van der Waals surface area contributed by atoms with Gasteiger partial charge in [-0.3, -0.25) is 4.90 Å². The van der Waals surface area contributed by atoms with E-state index in [9.17, 15) is 0 Å². The van der Waals surface area contributed by atoms with Crippen molar-refractivity contribution in [2.75, 3.05) is 12.3 Å². The fraction of sp³-hybridized carbons (Fsp3) is 0.538. The first-order valence-electron chi connectivity index (χ1n) is 5.74. The summed E-state index contributed by atoms with van der Waals surface area (Å²) in [5, 5.41) is 0. The number of rotatable bonds is 2. The Kier molecular flexibility index (Phi) is 1.84. The Balaban J connectivity index is 1.74. The molecule has 0 amide bonds. The molecule has 80 valence electrons. The molecule has 15 heavy (non-hydrogen) atoms. The first kappa shape index (κ1) is 9.22. The second-order valence-corrected chi connectivity index (χ2v) is 5.48. The number of nitrogens with two attached hydrogens (primary N) is 1. The topological polar surface area (TPSA) is 29.3 Å². The Morgan fingerprint density at radius 3 is 2.73 bits per heavy atom. The molecule has 1 aliphatic heterocycles. The van der Waals surface area contributed by atoms with Crippen LogP contribution < -0.4 is 5.73 Å². The van der Waals surface area contributed by atoms with E-state index < -0.39 is 0 Å². The zero-order chi connectivity index (χ0) is 10.5. The van der Waals surface area contributed by atoms with Gasteiger partial charge in [0.1, 0.15) is 0 Å². The number of nitrogens with zero attached hydrogens (tertiary/aromatic N) is 1. The summed E-state index contributed by atoms with van der Waals surface area (Å²) in [5.41, 5.74) is 10.2. The lowest BCUT2D eigenvalue weighted by Gasteiger charge is -2.19. The van der Waals surface area contributed by atoms with Crippen LogP contribution in [0.3, 0.4) is 0 Å². The highest BCUT2D eigenvalue weighted by Crippen LogP contribution is 2.46. The number of fused-ring (bicyclic) bond motifs is 1. The van der Waals surface area contributed by atoms with Crippen molar-refractivity contribution in [1.82, 2.24) is 4.90 Å². The monoisotopic (exact) mass is 202 g/mol. The van der Waals surface area contributed by atoms with Crippen LogP contribution in [0.25, 0.3) is 0 Å². The highest BCUT2D eigenvalue weighted by Gasteiger charge is 2.39. The van der Waals surface area contributed by atoms with Gasteiger partial charge in [0.05, 0.1) is 0 Å². The molecule has 2 N–H and O–H groups in total. The second-order valence-electron chi connectivity index (χ2n) is 5.48. The van der Waals surface area contributed by atoms with Crippen LogP contribution in [0.2, 0.25) is 0 Å². The minimum atomic E-state index is 0.619. The molecular weight excluding hydrogens is 184 g/mol. The van der Waals surface area contributed by atoms with Crippen molar-refractivity contribution in [2.24, 2.45) is 5.41 Å². The molecule has 1 aromatic carbocycles. The third-order valence-corrected chi connectivity index (χ3v) is 3.73. The molecule has 1 aliphatic carbocycles. The average molecular weight is 202 g/mol. The molecular formula is C13H18N2. The molecule has 1 fully saturated rings. The molecule has 0 saturated heterocycles. The van der Waals surface area contributed by atoms with Gasteiger partial charge in [-0.1, -0.05) is 13.0 Å². The Labute approximate surface area is 91.1 Å². The van der Waals surface area contributed by atoms with Crippen molar-refractivity contribution in [1.29, 1.82) is 0 Å². The maximum Gasteiger partial charge on any atom is 0.0317 e. The van der Waals surface area contributed by atoms with Crippen molar-refractivity contribution in [3.8, 4) is 0 Å². The van der Waals surface area contributed by atoms with Crippen LogP contribution in [0.5, 0.6) is 0 Å². The number of benzene rings is 1. The second kappa shape index (κ2) is 2.99. The number of anilines is 1. The van der Waals surface area contributed by atoms with E-state index in [2.05, 4.69) is 24.0 Å². The fourth-order valence-electron chi connectivity index (χ4n) is 2.51. The molecule has 3 rings (SSSR count). The molecule has 0 spiro atoms. The fourth-order valence-corrected chi connectivity index (χ4v) is 2.51. The van der Waals surface area contributed by atoms with Crippen LogP contribution in [-0.4, -0.2) is 11.4 Å². The van der Waals surface area contributed by atoms with E-state index in [1.54, 1.807) is 0 Å². The lowest BCUT2D eigenvalue weighted by atomic mass is 10.1. The zero-order valence-corrected chi connectivity index (χ0v) is 9.29. The molecule has 0 unspecified atom stereocenters. The summed E-state index contributed by atoms with van der Waals surface area (Å²) in [5.74, 6) is 0. The first-order chi connectivity index (χ1) is 7.15. The van der Waals surface area contributed by atoms with Gasteiger partial charge in [-0.25, -0.2) is 0 Å². The summed E-state index contributed by atoms with van der Waals surface area (Å²) in [7, 11) is 0. The molecule has 1 saturated carbocycles. The van der Waals surface area contributed by atoms with Crippen LogP contribution in [0.4, 0.5) is 5.69 Å². The van der Waals surface area contributed by atoms with Gasteiger partial charge in [-0.15, -0.1) is 0 Å². The van der Waals surface area contributed by atoms with Gasteiger partial charge in [-0.2, -0.15) is 0 Å². The van der Waals surface area contributed by atoms with Gasteiger partial charge in [0.15, 0.2) is 0 Å². The van der Waals surface area contributed by atoms with Crippen LogP contribution in [0.15, 0.2) is 18.2 Å². The number of nitrogen functional groups attached to an aromatic ring is 1. The van der Waals surface area contributed by atoms with E-state index in [0.717, 1.165) is 18.8 Å². The number of hydrogen-bond acceptors (Lipinski definition) is 2. The largest absolute Gasteiger partial charge is 0.399 e. The summed E-state index contributed by atoms with van der Waals surface area (Å²) in [4.78, 5) is 2.55. The van der Waals surface area contributed by atoms with Gasteiger partial charge in [0.2, 0.25) is 0 Å². The summed E-state index contributed by atoms with van der Waals surface area (Å²) in [6.07, 6.45) is 2.81. The average Bonchev–Trinajstić information content (AvgIpc) is 2.76. The maximum absolute atomic E-state index is 5.80. The van der Waals surface area contributed by atoms with Crippen molar-refractivity contribution in [2.45, 2.75) is 32.9 Å². The zero-order valence-electron chi connectivity index (χ0n) is 9.29. The summed E-state index contributed by atoms with van der Waals surface area (Å²) < 4.78 is 0. The maximum atomic E-state index is 5.80. The smallest absolute Gasteiger partial charge is 0.0317 e. The minimum absolute atomic E-state index is 0.619. The quantitative estimate of drug-likeness (QED) is 0.746. The molecule has 0 atom stereocenters. The lowest BCUT2D eigenvalue weighted by Crippen LogP contribution is -2.23. The van der Waals surface area contributed by atoms with Crippen molar-refractivity contribution >= 4 is 5.69 Å². The Morgan fingerprint density at radius 2 is 2.00 bits per heavy atom. The molecule has 2 nitrogen and oxygen atoms in total. The van der Waals surface area contributed by atoms with E-state index in [4.69, 9.17) is 5.73 Å².